The molecule has 0 aromatic heterocycles. The van der Waals surface area contributed by atoms with Crippen LogP contribution in [0.15, 0.2) is 22.7 Å². The molecule has 0 saturated heterocycles. The standard InChI is InChI=1S/C9H12BrNO/c10-9-2-1-7(3-4-11)8(5-9)6-12/h1-2,5,12H,3-4,6,11H2. The van der Waals surface area contributed by atoms with Gasteiger partial charge in [-0.05, 0) is 36.2 Å². The van der Waals surface area contributed by atoms with E-state index in [2.05, 4.69) is 15.9 Å². The molecule has 1 aromatic rings. The molecule has 0 amide bonds. The monoisotopic (exact) mass is 229 g/mol. The van der Waals surface area contributed by atoms with Gasteiger partial charge in [0.2, 0.25) is 0 Å². The second-order valence-corrected chi connectivity index (χ2v) is 3.53. The molecule has 0 radical (unpaired) electrons. The molecule has 1 rings (SSSR count). The van der Waals surface area contributed by atoms with E-state index in [1.165, 1.54) is 0 Å². The van der Waals surface area contributed by atoms with Gasteiger partial charge in [0, 0.05) is 4.47 Å². The van der Waals surface area contributed by atoms with Crippen molar-refractivity contribution in [3.05, 3.63) is 33.8 Å². The molecule has 0 unspecified atom stereocenters. The molecule has 3 heteroatoms. The van der Waals surface area contributed by atoms with Gasteiger partial charge in [-0.15, -0.1) is 0 Å². The van der Waals surface area contributed by atoms with E-state index in [1.54, 1.807) is 0 Å². The van der Waals surface area contributed by atoms with E-state index in [0.717, 1.165) is 22.0 Å². The summed E-state index contributed by atoms with van der Waals surface area (Å²) in [5.74, 6) is 0. The Bertz CT molecular complexity index is 263. The molecule has 0 aliphatic rings. The van der Waals surface area contributed by atoms with Gasteiger partial charge in [0.1, 0.15) is 0 Å². The second kappa shape index (κ2) is 4.60. The van der Waals surface area contributed by atoms with Crippen molar-refractivity contribution >= 4 is 15.9 Å². The zero-order valence-electron chi connectivity index (χ0n) is 6.76. The maximum absolute atomic E-state index is 9.01. The highest BCUT2D eigenvalue weighted by Gasteiger charge is 2.00. The van der Waals surface area contributed by atoms with Gasteiger partial charge in [0.15, 0.2) is 0 Å². The summed E-state index contributed by atoms with van der Waals surface area (Å²) in [7, 11) is 0. The molecule has 3 N–H and O–H groups in total. The number of aliphatic hydroxyl groups excluding tert-OH is 1. The number of hydrogen-bond acceptors (Lipinski definition) is 2. The predicted molar refractivity (Wildman–Crippen MR) is 52.8 cm³/mol. The lowest BCUT2D eigenvalue weighted by Crippen LogP contribution is -2.05. The third-order valence-corrected chi connectivity index (χ3v) is 2.25. The van der Waals surface area contributed by atoms with Crippen LogP contribution in [-0.2, 0) is 13.0 Å². The predicted octanol–water partition coefficient (Wildman–Crippen LogP) is 1.44. The van der Waals surface area contributed by atoms with Crippen LogP contribution in [0.1, 0.15) is 11.1 Å². The molecular formula is C9H12BrNO. The van der Waals surface area contributed by atoms with E-state index < -0.39 is 0 Å². The molecular weight excluding hydrogens is 218 g/mol. The molecule has 12 heavy (non-hydrogen) atoms. The summed E-state index contributed by atoms with van der Waals surface area (Å²) in [5.41, 5.74) is 7.51. The lowest BCUT2D eigenvalue weighted by atomic mass is 10.1. The van der Waals surface area contributed by atoms with Crippen LogP contribution in [0, 0.1) is 0 Å². The average molecular weight is 230 g/mol. The van der Waals surface area contributed by atoms with Gasteiger partial charge in [0.25, 0.3) is 0 Å². The molecule has 1 aromatic carbocycles. The lowest BCUT2D eigenvalue weighted by molar-refractivity contribution is 0.280. The van der Waals surface area contributed by atoms with Crippen LogP contribution < -0.4 is 5.73 Å². The Morgan fingerprint density at radius 1 is 1.33 bits per heavy atom. The van der Waals surface area contributed by atoms with Crippen molar-refractivity contribution in [2.24, 2.45) is 5.73 Å². The van der Waals surface area contributed by atoms with Gasteiger partial charge in [-0.3, -0.25) is 0 Å². The van der Waals surface area contributed by atoms with Crippen molar-refractivity contribution in [3.63, 3.8) is 0 Å². The average Bonchev–Trinajstić information content (AvgIpc) is 2.08. The minimum atomic E-state index is 0.0781. The van der Waals surface area contributed by atoms with Crippen molar-refractivity contribution in [2.75, 3.05) is 6.54 Å². The van der Waals surface area contributed by atoms with Gasteiger partial charge in [-0.25, -0.2) is 0 Å². The highest BCUT2D eigenvalue weighted by Crippen LogP contribution is 2.16. The molecule has 0 aliphatic heterocycles. The van der Waals surface area contributed by atoms with Crippen LogP contribution in [0.2, 0.25) is 0 Å². The molecule has 0 heterocycles. The number of aliphatic hydroxyl groups is 1. The van der Waals surface area contributed by atoms with E-state index in [1.807, 2.05) is 18.2 Å². The zero-order valence-corrected chi connectivity index (χ0v) is 8.34. The van der Waals surface area contributed by atoms with Gasteiger partial charge in [-0.1, -0.05) is 22.0 Å². The first-order valence-electron chi connectivity index (χ1n) is 3.86. The summed E-state index contributed by atoms with van der Waals surface area (Å²) in [6.07, 6.45) is 0.823. The molecule has 2 nitrogen and oxygen atoms in total. The number of hydrogen-bond donors (Lipinski definition) is 2. The first-order chi connectivity index (χ1) is 5.77. The first-order valence-corrected chi connectivity index (χ1v) is 4.65. The van der Waals surface area contributed by atoms with E-state index in [-0.39, 0.29) is 6.61 Å². The van der Waals surface area contributed by atoms with Crippen molar-refractivity contribution in [3.8, 4) is 0 Å². The Morgan fingerprint density at radius 3 is 2.67 bits per heavy atom. The summed E-state index contributed by atoms with van der Waals surface area (Å²) >= 11 is 3.35. The Labute approximate surface area is 80.5 Å². The second-order valence-electron chi connectivity index (χ2n) is 2.61. The third kappa shape index (κ3) is 2.30. The van der Waals surface area contributed by atoms with E-state index >= 15 is 0 Å². The summed E-state index contributed by atoms with van der Waals surface area (Å²) in [5, 5.41) is 9.01. The molecule has 0 atom stereocenters. The summed E-state index contributed by atoms with van der Waals surface area (Å²) in [4.78, 5) is 0. The smallest absolute Gasteiger partial charge is 0.0684 e. The van der Waals surface area contributed by atoms with Gasteiger partial charge >= 0.3 is 0 Å². The van der Waals surface area contributed by atoms with Crippen LogP contribution in [0.4, 0.5) is 0 Å². The normalized spacial score (nSPS) is 10.2. The number of rotatable bonds is 3. The number of nitrogens with two attached hydrogens (primary N) is 1. The lowest BCUT2D eigenvalue weighted by Gasteiger charge is -2.05. The van der Waals surface area contributed by atoms with E-state index in [4.69, 9.17) is 10.8 Å². The molecule has 0 bridgehead atoms. The molecule has 66 valence electrons. The summed E-state index contributed by atoms with van der Waals surface area (Å²) in [6, 6.07) is 5.87. The van der Waals surface area contributed by atoms with Crippen LogP contribution in [0.5, 0.6) is 0 Å². The van der Waals surface area contributed by atoms with Crippen molar-refractivity contribution in [2.45, 2.75) is 13.0 Å². The molecule has 0 fully saturated rings. The Hall–Kier alpha value is -0.380. The first kappa shape index (κ1) is 9.71. The summed E-state index contributed by atoms with van der Waals surface area (Å²) < 4.78 is 0.993. The van der Waals surface area contributed by atoms with Crippen molar-refractivity contribution in [1.29, 1.82) is 0 Å². The van der Waals surface area contributed by atoms with Gasteiger partial charge < -0.3 is 10.8 Å². The highest BCUT2D eigenvalue weighted by atomic mass is 79.9. The molecule has 0 saturated carbocycles. The fourth-order valence-corrected chi connectivity index (χ4v) is 1.55. The van der Waals surface area contributed by atoms with Gasteiger partial charge in [0.05, 0.1) is 6.61 Å². The topological polar surface area (TPSA) is 46.2 Å². The van der Waals surface area contributed by atoms with Crippen LogP contribution in [0.3, 0.4) is 0 Å². The summed E-state index contributed by atoms with van der Waals surface area (Å²) in [6.45, 7) is 0.698. The quantitative estimate of drug-likeness (QED) is 0.825. The zero-order chi connectivity index (χ0) is 8.97. The Kier molecular flexibility index (Phi) is 3.72. The van der Waals surface area contributed by atoms with Crippen molar-refractivity contribution in [1.82, 2.24) is 0 Å². The number of halogens is 1. The van der Waals surface area contributed by atoms with Gasteiger partial charge in [-0.2, -0.15) is 0 Å². The van der Waals surface area contributed by atoms with Crippen LogP contribution in [-0.4, -0.2) is 11.7 Å². The molecule has 0 aliphatic carbocycles. The minimum absolute atomic E-state index is 0.0781. The molecule has 0 spiro atoms. The largest absolute Gasteiger partial charge is 0.392 e. The maximum atomic E-state index is 9.01. The van der Waals surface area contributed by atoms with E-state index in [0.29, 0.717) is 6.54 Å². The SMILES string of the molecule is NCCc1ccc(Br)cc1CO. The highest BCUT2D eigenvalue weighted by molar-refractivity contribution is 9.10. The Balaban J connectivity index is 2.94. The van der Waals surface area contributed by atoms with Crippen molar-refractivity contribution < 1.29 is 5.11 Å². The fourth-order valence-electron chi connectivity index (χ4n) is 1.14. The van der Waals surface area contributed by atoms with E-state index in [9.17, 15) is 0 Å². The van der Waals surface area contributed by atoms with Crippen LogP contribution >= 0.6 is 15.9 Å². The fraction of sp³-hybridized carbons (Fsp3) is 0.333. The Morgan fingerprint density at radius 2 is 2.08 bits per heavy atom. The third-order valence-electron chi connectivity index (χ3n) is 1.75. The number of benzene rings is 1. The van der Waals surface area contributed by atoms with Crippen LogP contribution in [0.25, 0.3) is 0 Å². The minimum Gasteiger partial charge on any atom is -0.392 e. The maximum Gasteiger partial charge on any atom is 0.0684 e.